The van der Waals surface area contributed by atoms with E-state index in [0.717, 1.165) is 0 Å². The molecule has 0 fully saturated rings. The van der Waals surface area contributed by atoms with Crippen molar-refractivity contribution in [2.75, 3.05) is 11.9 Å². The van der Waals surface area contributed by atoms with Gasteiger partial charge in [0.1, 0.15) is 5.82 Å². The smallest absolute Gasteiger partial charge is 0.145 e. The zero-order valence-corrected chi connectivity index (χ0v) is 8.73. The molecule has 1 rings (SSSR count). The number of pyridine rings is 1. The Bertz CT molecular complexity index is 291. The Hall–Kier alpha value is -0.510. The summed E-state index contributed by atoms with van der Waals surface area (Å²) in [5.74, 6) is 0.615. The molecule has 3 N–H and O–H groups in total. The van der Waals surface area contributed by atoms with Crippen LogP contribution in [0.5, 0.6) is 0 Å². The van der Waals surface area contributed by atoms with E-state index in [9.17, 15) is 0 Å². The summed E-state index contributed by atoms with van der Waals surface area (Å²) in [6.07, 6.45) is 1.54. The van der Waals surface area contributed by atoms with Crippen LogP contribution >= 0.6 is 23.2 Å². The molecular weight excluding hydrogens is 209 g/mol. The lowest BCUT2D eigenvalue weighted by Gasteiger charge is -2.12. The first kappa shape index (κ1) is 10.6. The summed E-state index contributed by atoms with van der Waals surface area (Å²) < 4.78 is 0. The lowest BCUT2D eigenvalue weighted by molar-refractivity contribution is 0.798. The van der Waals surface area contributed by atoms with Gasteiger partial charge in [-0.05, 0) is 13.0 Å². The van der Waals surface area contributed by atoms with Gasteiger partial charge in [0.25, 0.3) is 0 Å². The fourth-order valence-electron chi connectivity index (χ4n) is 0.813. The molecule has 0 radical (unpaired) electrons. The van der Waals surface area contributed by atoms with Crippen LogP contribution in [0.25, 0.3) is 0 Å². The van der Waals surface area contributed by atoms with E-state index in [4.69, 9.17) is 28.9 Å². The van der Waals surface area contributed by atoms with E-state index in [1.165, 1.54) is 0 Å². The topological polar surface area (TPSA) is 50.9 Å². The molecule has 0 aliphatic rings. The zero-order valence-electron chi connectivity index (χ0n) is 7.22. The van der Waals surface area contributed by atoms with E-state index in [1.807, 2.05) is 6.92 Å². The largest absolute Gasteiger partial charge is 0.365 e. The minimum absolute atomic E-state index is 0.145. The van der Waals surface area contributed by atoms with Crippen molar-refractivity contribution in [1.82, 2.24) is 4.98 Å². The quantitative estimate of drug-likeness (QED) is 0.820. The van der Waals surface area contributed by atoms with Gasteiger partial charge in [-0.15, -0.1) is 0 Å². The Morgan fingerprint density at radius 3 is 2.85 bits per heavy atom. The average Bonchev–Trinajstić information content (AvgIpc) is 2.09. The number of hydrogen-bond donors (Lipinski definition) is 2. The summed E-state index contributed by atoms with van der Waals surface area (Å²) in [6, 6.07) is 1.79. The SMILES string of the molecule is CC(CN)Nc1ncc(Cl)cc1Cl. The second-order valence-corrected chi connectivity index (χ2v) is 3.61. The third-order valence-corrected chi connectivity index (χ3v) is 2.04. The molecule has 5 heteroatoms. The molecule has 1 unspecified atom stereocenters. The summed E-state index contributed by atoms with van der Waals surface area (Å²) in [5.41, 5.74) is 5.44. The standard InChI is InChI=1S/C8H11Cl2N3/c1-5(3-11)13-8-7(10)2-6(9)4-12-8/h2,4-5H,3,11H2,1H3,(H,12,13). The van der Waals surface area contributed by atoms with E-state index in [2.05, 4.69) is 10.3 Å². The molecule has 0 saturated carbocycles. The minimum Gasteiger partial charge on any atom is -0.365 e. The first-order chi connectivity index (χ1) is 6.13. The fraction of sp³-hybridized carbons (Fsp3) is 0.375. The molecule has 1 aromatic rings. The maximum absolute atomic E-state index is 5.88. The van der Waals surface area contributed by atoms with Gasteiger partial charge >= 0.3 is 0 Å². The summed E-state index contributed by atoms with van der Waals surface area (Å²) in [6.45, 7) is 2.48. The number of anilines is 1. The maximum Gasteiger partial charge on any atom is 0.145 e. The van der Waals surface area contributed by atoms with Crippen LogP contribution in [0, 0.1) is 0 Å². The number of hydrogen-bond acceptors (Lipinski definition) is 3. The van der Waals surface area contributed by atoms with Gasteiger partial charge in [-0.3, -0.25) is 0 Å². The second-order valence-electron chi connectivity index (χ2n) is 2.77. The zero-order chi connectivity index (χ0) is 9.84. The van der Waals surface area contributed by atoms with Crippen molar-refractivity contribution in [3.63, 3.8) is 0 Å². The van der Waals surface area contributed by atoms with Crippen molar-refractivity contribution in [2.24, 2.45) is 5.73 Å². The molecule has 0 aromatic carbocycles. The summed E-state index contributed by atoms with van der Waals surface area (Å²) in [7, 11) is 0. The molecule has 0 aliphatic heterocycles. The molecular formula is C8H11Cl2N3. The Kier molecular flexibility index (Phi) is 3.78. The minimum atomic E-state index is 0.145. The van der Waals surface area contributed by atoms with Crippen LogP contribution in [0.1, 0.15) is 6.92 Å². The molecule has 0 bridgehead atoms. The van der Waals surface area contributed by atoms with Crippen LogP contribution in [0.2, 0.25) is 10.0 Å². The van der Waals surface area contributed by atoms with Gasteiger partial charge in [0, 0.05) is 18.8 Å². The highest BCUT2D eigenvalue weighted by Crippen LogP contribution is 2.22. The molecule has 0 amide bonds. The Morgan fingerprint density at radius 2 is 2.31 bits per heavy atom. The van der Waals surface area contributed by atoms with E-state index >= 15 is 0 Å². The van der Waals surface area contributed by atoms with E-state index < -0.39 is 0 Å². The van der Waals surface area contributed by atoms with Crippen molar-refractivity contribution < 1.29 is 0 Å². The van der Waals surface area contributed by atoms with Crippen molar-refractivity contribution in [2.45, 2.75) is 13.0 Å². The highest BCUT2D eigenvalue weighted by molar-refractivity contribution is 6.35. The van der Waals surface area contributed by atoms with Crippen LogP contribution < -0.4 is 11.1 Å². The second kappa shape index (κ2) is 4.65. The van der Waals surface area contributed by atoms with Crippen LogP contribution in [0.3, 0.4) is 0 Å². The third-order valence-electron chi connectivity index (χ3n) is 1.54. The van der Waals surface area contributed by atoms with Gasteiger partial charge in [-0.25, -0.2) is 4.98 Å². The van der Waals surface area contributed by atoms with Gasteiger partial charge in [-0.1, -0.05) is 23.2 Å². The number of nitrogens with two attached hydrogens (primary N) is 1. The first-order valence-electron chi connectivity index (χ1n) is 3.91. The Balaban J connectivity index is 2.77. The highest BCUT2D eigenvalue weighted by Gasteiger charge is 2.05. The predicted octanol–water partition coefficient (Wildman–Crippen LogP) is 2.15. The van der Waals surface area contributed by atoms with Gasteiger partial charge in [0.2, 0.25) is 0 Å². The van der Waals surface area contributed by atoms with E-state index in [0.29, 0.717) is 22.4 Å². The van der Waals surface area contributed by atoms with E-state index in [-0.39, 0.29) is 6.04 Å². The number of halogens is 2. The lowest BCUT2D eigenvalue weighted by Crippen LogP contribution is -2.25. The van der Waals surface area contributed by atoms with Gasteiger partial charge in [0.05, 0.1) is 10.0 Å². The maximum atomic E-state index is 5.88. The van der Waals surface area contributed by atoms with Crippen LogP contribution in [-0.2, 0) is 0 Å². The molecule has 0 aliphatic carbocycles. The third kappa shape index (κ3) is 3.03. The molecule has 1 atom stereocenters. The normalized spacial score (nSPS) is 12.6. The Labute approximate surface area is 87.2 Å². The van der Waals surface area contributed by atoms with Crippen molar-refractivity contribution in [3.05, 3.63) is 22.3 Å². The lowest BCUT2D eigenvalue weighted by atomic mass is 10.3. The van der Waals surface area contributed by atoms with Crippen molar-refractivity contribution >= 4 is 29.0 Å². The monoisotopic (exact) mass is 219 g/mol. The van der Waals surface area contributed by atoms with Crippen LogP contribution in [-0.4, -0.2) is 17.6 Å². The first-order valence-corrected chi connectivity index (χ1v) is 4.66. The average molecular weight is 220 g/mol. The predicted molar refractivity (Wildman–Crippen MR) is 56.4 cm³/mol. The molecule has 1 aromatic heterocycles. The molecule has 72 valence electrons. The molecule has 0 spiro atoms. The van der Waals surface area contributed by atoms with E-state index in [1.54, 1.807) is 12.3 Å². The molecule has 1 heterocycles. The number of nitrogens with one attached hydrogen (secondary N) is 1. The molecule has 13 heavy (non-hydrogen) atoms. The van der Waals surface area contributed by atoms with Crippen molar-refractivity contribution in [3.8, 4) is 0 Å². The summed E-state index contributed by atoms with van der Waals surface area (Å²) >= 11 is 11.6. The number of aromatic nitrogens is 1. The number of nitrogens with zero attached hydrogens (tertiary/aromatic N) is 1. The van der Waals surface area contributed by atoms with Gasteiger partial charge in [0.15, 0.2) is 0 Å². The molecule has 0 saturated heterocycles. The number of rotatable bonds is 3. The Morgan fingerprint density at radius 1 is 1.62 bits per heavy atom. The fourth-order valence-corrected chi connectivity index (χ4v) is 1.25. The highest BCUT2D eigenvalue weighted by atomic mass is 35.5. The van der Waals surface area contributed by atoms with Gasteiger partial charge in [-0.2, -0.15) is 0 Å². The van der Waals surface area contributed by atoms with Gasteiger partial charge < -0.3 is 11.1 Å². The van der Waals surface area contributed by atoms with Crippen LogP contribution in [0.4, 0.5) is 5.82 Å². The molecule has 3 nitrogen and oxygen atoms in total. The summed E-state index contributed by atoms with van der Waals surface area (Å²) in [4.78, 5) is 4.04. The summed E-state index contributed by atoms with van der Waals surface area (Å²) in [5, 5.41) is 4.09. The van der Waals surface area contributed by atoms with Crippen LogP contribution in [0.15, 0.2) is 12.3 Å². The van der Waals surface area contributed by atoms with Crippen molar-refractivity contribution in [1.29, 1.82) is 0 Å².